The number of phenolic OH excluding ortho intramolecular Hbond substituents is 2. The summed E-state index contributed by atoms with van der Waals surface area (Å²) in [7, 11) is 0. The van der Waals surface area contributed by atoms with Gasteiger partial charge in [-0.15, -0.1) is 0 Å². The molecule has 2 aromatic carbocycles. The summed E-state index contributed by atoms with van der Waals surface area (Å²) < 4.78 is 6.63. The van der Waals surface area contributed by atoms with Gasteiger partial charge in [0.05, 0.1) is 11.1 Å². The topological polar surface area (TPSA) is 83.8 Å². The molecule has 3 aliphatic rings. The maximum Gasteiger partial charge on any atom is 0.157 e. The quantitative estimate of drug-likeness (QED) is 0.403. The number of benzene rings is 2. The number of allylic oxidation sites excluding steroid dienone is 1. The monoisotopic (exact) mass is 474 g/mol. The number of aromatic hydroxyl groups is 2. The van der Waals surface area contributed by atoms with Gasteiger partial charge < -0.3 is 14.9 Å². The van der Waals surface area contributed by atoms with Crippen LogP contribution in [0, 0.1) is 29.6 Å². The molecule has 1 saturated carbocycles. The van der Waals surface area contributed by atoms with Crippen LogP contribution >= 0.6 is 0 Å². The van der Waals surface area contributed by atoms with Crippen LogP contribution in [-0.2, 0) is 0 Å². The Morgan fingerprint density at radius 1 is 1.03 bits per heavy atom. The van der Waals surface area contributed by atoms with Gasteiger partial charge in [-0.25, -0.2) is 0 Å². The van der Waals surface area contributed by atoms with Crippen molar-refractivity contribution in [2.75, 3.05) is 0 Å². The van der Waals surface area contributed by atoms with Gasteiger partial charge in [-0.05, 0) is 61.5 Å². The lowest BCUT2D eigenvalue weighted by Crippen LogP contribution is -2.51. The normalized spacial score (nSPS) is 31.5. The standard InChI is InChI=1S/C30H34O5/c1-16(2)19-11-10-17(3)20-12-24-25(18-8-6-5-7-9-18)26-28(34)22(14-31)27(33)23(15-32)29(26)35-30(24,4)13-21(19)20/h5-9,13-17,19-20,24-25,33-34H,10-12H2,1-4H3/t17-,19+,20-,24-,25-,30-/m1/s1. The van der Waals surface area contributed by atoms with Crippen molar-refractivity contribution in [2.24, 2.45) is 29.6 Å². The molecular formula is C30H34O5. The molecule has 5 rings (SSSR count). The minimum absolute atomic E-state index is 0.0195. The first-order chi connectivity index (χ1) is 16.7. The molecule has 6 atom stereocenters. The fourth-order valence-electron chi connectivity index (χ4n) is 7.09. The first kappa shape index (κ1) is 23.7. The molecule has 35 heavy (non-hydrogen) atoms. The molecule has 0 bridgehead atoms. The SMILES string of the molecule is CC(C)[C@@H]1CC[C@@H](C)[C@H]2C[C@@H]3[C@@H](c4ccccc4)c4c(O)c(C=O)c(O)c(C=O)c4O[C@]3(C)C=C12. The lowest BCUT2D eigenvalue weighted by Gasteiger charge is -2.54. The molecule has 1 aliphatic heterocycles. The van der Waals surface area contributed by atoms with Crippen molar-refractivity contribution in [3.63, 3.8) is 0 Å². The van der Waals surface area contributed by atoms with Gasteiger partial charge in [-0.3, -0.25) is 9.59 Å². The number of carbonyl (C=O) groups is 2. The van der Waals surface area contributed by atoms with Crippen LogP contribution < -0.4 is 4.74 Å². The van der Waals surface area contributed by atoms with Gasteiger partial charge in [0.15, 0.2) is 12.6 Å². The van der Waals surface area contributed by atoms with Crippen molar-refractivity contribution < 1.29 is 24.5 Å². The van der Waals surface area contributed by atoms with E-state index in [0.717, 1.165) is 18.4 Å². The van der Waals surface area contributed by atoms with E-state index in [9.17, 15) is 19.8 Å². The predicted molar refractivity (Wildman–Crippen MR) is 134 cm³/mol. The zero-order valence-corrected chi connectivity index (χ0v) is 20.8. The van der Waals surface area contributed by atoms with Crippen LogP contribution in [-0.4, -0.2) is 28.4 Å². The third-order valence-electron chi connectivity index (χ3n) is 8.92. The highest BCUT2D eigenvalue weighted by molar-refractivity contribution is 5.95. The lowest BCUT2D eigenvalue weighted by atomic mass is 9.56. The van der Waals surface area contributed by atoms with Gasteiger partial charge in [0.25, 0.3) is 0 Å². The maximum absolute atomic E-state index is 12.1. The average Bonchev–Trinajstić information content (AvgIpc) is 2.82. The summed E-state index contributed by atoms with van der Waals surface area (Å²) in [4.78, 5) is 24.0. The van der Waals surface area contributed by atoms with Crippen LogP contribution in [0.2, 0.25) is 0 Å². The van der Waals surface area contributed by atoms with Crippen LogP contribution in [0.25, 0.3) is 0 Å². The summed E-state index contributed by atoms with van der Waals surface area (Å²) in [5, 5.41) is 21.9. The number of phenols is 2. The van der Waals surface area contributed by atoms with E-state index >= 15 is 0 Å². The first-order valence-corrected chi connectivity index (χ1v) is 12.7. The highest BCUT2D eigenvalue weighted by Crippen LogP contribution is 2.61. The molecule has 2 N–H and O–H groups in total. The Morgan fingerprint density at radius 3 is 2.34 bits per heavy atom. The van der Waals surface area contributed by atoms with Gasteiger partial charge in [0.2, 0.25) is 0 Å². The van der Waals surface area contributed by atoms with Crippen LogP contribution in [0.1, 0.15) is 84.7 Å². The van der Waals surface area contributed by atoms with Crippen LogP contribution in [0.15, 0.2) is 42.0 Å². The van der Waals surface area contributed by atoms with Crippen molar-refractivity contribution in [3.05, 3.63) is 64.2 Å². The number of fused-ring (bicyclic) bond motifs is 3. The summed E-state index contributed by atoms with van der Waals surface area (Å²) in [6.45, 7) is 8.95. The van der Waals surface area contributed by atoms with Crippen LogP contribution in [0.3, 0.4) is 0 Å². The summed E-state index contributed by atoms with van der Waals surface area (Å²) in [6.07, 6.45) is 6.45. The van der Waals surface area contributed by atoms with E-state index in [0.29, 0.717) is 41.8 Å². The van der Waals surface area contributed by atoms with E-state index in [-0.39, 0.29) is 34.5 Å². The molecule has 0 spiro atoms. The molecule has 2 aromatic rings. The van der Waals surface area contributed by atoms with Crippen molar-refractivity contribution >= 4 is 12.6 Å². The van der Waals surface area contributed by atoms with Gasteiger partial charge in [-0.2, -0.15) is 0 Å². The molecule has 5 heteroatoms. The Morgan fingerprint density at radius 2 is 1.71 bits per heavy atom. The molecule has 5 nitrogen and oxygen atoms in total. The van der Waals surface area contributed by atoms with E-state index < -0.39 is 11.4 Å². The Balaban J connectivity index is 1.80. The third-order valence-corrected chi connectivity index (χ3v) is 8.92. The largest absolute Gasteiger partial charge is 0.507 e. The molecule has 0 radical (unpaired) electrons. The van der Waals surface area contributed by atoms with E-state index in [1.54, 1.807) is 0 Å². The number of hydrogen-bond donors (Lipinski definition) is 2. The Labute approximate surface area is 206 Å². The second kappa shape index (κ2) is 8.54. The fourth-order valence-corrected chi connectivity index (χ4v) is 7.09. The molecule has 184 valence electrons. The fraction of sp³-hybridized carbons (Fsp3) is 0.467. The summed E-state index contributed by atoms with van der Waals surface area (Å²) in [5.74, 6) is 0.983. The smallest absolute Gasteiger partial charge is 0.157 e. The summed E-state index contributed by atoms with van der Waals surface area (Å²) in [6, 6.07) is 9.91. The molecule has 0 aromatic heterocycles. The minimum Gasteiger partial charge on any atom is -0.507 e. The molecule has 0 amide bonds. The van der Waals surface area contributed by atoms with Crippen molar-refractivity contribution in [1.82, 2.24) is 0 Å². The van der Waals surface area contributed by atoms with Gasteiger partial charge in [0, 0.05) is 17.4 Å². The predicted octanol–water partition coefficient (Wildman–Crippen LogP) is 6.27. The maximum atomic E-state index is 12.1. The highest BCUT2D eigenvalue weighted by Gasteiger charge is 2.54. The summed E-state index contributed by atoms with van der Waals surface area (Å²) >= 11 is 0. The van der Waals surface area contributed by atoms with E-state index in [2.05, 4.69) is 33.8 Å². The average molecular weight is 475 g/mol. The molecular weight excluding hydrogens is 440 g/mol. The second-order valence-electron chi connectivity index (χ2n) is 11.2. The van der Waals surface area contributed by atoms with Crippen molar-refractivity contribution in [1.29, 1.82) is 0 Å². The van der Waals surface area contributed by atoms with E-state index in [1.165, 1.54) is 12.0 Å². The molecule has 1 heterocycles. The third kappa shape index (κ3) is 3.50. The van der Waals surface area contributed by atoms with E-state index in [4.69, 9.17) is 4.74 Å². The zero-order chi connectivity index (χ0) is 25.1. The zero-order valence-electron chi connectivity index (χ0n) is 20.8. The van der Waals surface area contributed by atoms with Gasteiger partial charge in [-0.1, -0.05) is 56.7 Å². The Kier molecular flexibility index (Phi) is 5.77. The Hall–Kier alpha value is -3.08. The lowest BCUT2D eigenvalue weighted by molar-refractivity contribution is 0.00700. The molecule has 0 saturated heterocycles. The number of hydrogen-bond acceptors (Lipinski definition) is 5. The Bertz CT molecular complexity index is 1200. The van der Waals surface area contributed by atoms with E-state index in [1.807, 2.05) is 30.3 Å². The second-order valence-corrected chi connectivity index (χ2v) is 11.2. The van der Waals surface area contributed by atoms with Gasteiger partial charge in [0.1, 0.15) is 22.8 Å². The van der Waals surface area contributed by atoms with Crippen molar-refractivity contribution in [2.45, 2.75) is 58.5 Å². The number of aldehydes is 2. The summed E-state index contributed by atoms with van der Waals surface area (Å²) in [5.41, 5.74) is 1.77. The van der Waals surface area contributed by atoms with Crippen LogP contribution in [0.4, 0.5) is 0 Å². The van der Waals surface area contributed by atoms with Crippen LogP contribution in [0.5, 0.6) is 17.2 Å². The highest BCUT2D eigenvalue weighted by atomic mass is 16.5. The molecule has 1 fully saturated rings. The number of carbonyl (C=O) groups excluding carboxylic acids is 2. The number of ether oxygens (including phenoxy) is 1. The first-order valence-electron chi connectivity index (χ1n) is 12.7. The number of rotatable bonds is 4. The van der Waals surface area contributed by atoms with Crippen molar-refractivity contribution in [3.8, 4) is 17.2 Å². The minimum atomic E-state index is -0.733. The molecule has 2 aliphatic carbocycles. The molecule has 0 unspecified atom stereocenters. The van der Waals surface area contributed by atoms with Gasteiger partial charge >= 0.3 is 0 Å².